The molecule has 94 valence electrons. The number of nitro groups is 1. The summed E-state index contributed by atoms with van der Waals surface area (Å²) in [4.78, 5) is 12.3. The summed E-state index contributed by atoms with van der Waals surface area (Å²) in [5.74, 6) is 0. The van der Waals surface area contributed by atoms with Gasteiger partial charge in [-0.1, -0.05) is 0 Å². The van der Waals surface area contributed by atoms with Crippen molar-refractivity contribution in [3.63, 3.8) is 0 Å². The van der Waals surface area contributed by atoms with Crippen molar-refractivity contribution in [2.24, 2.45) is 0 Å². The first-order valence-electron chi connectivity index (χ1n) is 5.57. The average molecular weight is 237 g/mol. The van der Waals surface area contributed by atoms with Gasteiger partial charge < -0.3 is 10.2 Å². The van der Waals surface area contributed by atoms with Crippen molar-refractivity contribution < 1.29 is 4.92 Å². The average Bonchev–Trinajstić information content (AvgIpc) is 2.26. The summed E-state index contributed by atoms with van der Waals surface area (Å²) in [5.41, 5.74) is 1.98. The highest BCUT2D eigenvalue weighted by Crippen LogP contribution is 2.21. The van der Waals surface area contributed by atoms with Crippen LogP contribution in [0.15, 0.2) is 18.2 Å². The standard InChI is InChI=1S/C12H19N3O2/c1-9-7-11(15(16)17)5-6-12(9)13-8-10(2)14(3)4/h5-7,10,13H,8H2,1-4H3. The molecule has 1 atom stereocenters. The zero-order valence-corrected chi connectivity index (χ0v) is 10.7. The van der Waals surface area contributed by atoms with Gasteiger partial charge in [0.15, 0.2) is 0 Å². The Hall–Kier alpha value is -1.62. The lowest BCUT2D eigenvalue weighted by molar-refractivity contribution is -0.384. The van der Waals surface area contributed by atoms with Crippen molar-refractivity contribution >= 4 is 11.4 Å². The predicted molar refractivity (Wildman–Crippen MR) is 69.5 cm³/mol. The Labute approximate surface area is 102 Å². The summed E-state index contributed by atoms with van der Waals surface area (Å²) in [5, 5.41) is 13.9. The molecule has 0 aliphatic rings. The smallest absolute Gasteiger partial charge is 0.269 e. The molecule has 1 aromatic carbocycles. The molecule has 0 heterocycles. The zero-order valence-electron chi connectivity index (χ0n) is 10.7. The molecule has 1 aromatic rings. The summed E-state index contributed by atoms with van der Waals surface area (Å²) in [6.07, 6.45) is 0. The summed E-state index contributed by atoms with van der Waals surface area (Å²) in [7, 11) is 4.05. The van der Waals surface area contributed by atoms with Gasteiger partial charge in [-0.05, 0) is 39.6 Å². The third kappa shape index (κ3) is 3.71. The van der Waals surface area contributed by atoms with Gasteiger partial charge in [0.1, 0.15) is 0 Å². The maximum Gasteiger partial charge on any atom is 0.269 e. The van der Waals surface area contributed by atoms with Gasteiger partial charge in [0.25, 0.3) is 5.69 Å². The molecule has 0 fully saturated rings. The molecular formula is C12H19N3O2. The lowest BCUT2D eigenvalue weighted by Gasteiger charge is -2.21. The van der Waals surface area contributed by atoms with Crippen LogP contribution in [-0.4, -0.2) is 36.5 Å². The highest BCUT2D eigenvalue weighted by atomic mass is 16.6. The number of likely N-dealkylation sites (N-methyl/N-ethyl adjacent to an activating group) is 1. The summed E-state index contributed by atoms with van der Waals surface area (Å²) in [6, 6.07) is 5.28. The van der Waals surface area contributed by atoms with Crippen LogP contribution < -0.4 is 5.32 Å². The fourth-order valence-electron chi connectivity index (χ4n) is 1.40. The van der Waals surface area contributed by atoms with E-state index in [4.69, 9.17) is 0 Å². The van der Waals surface area contributed by atoms with Gasteiger partial charge in [0.2, 0.25) is 0 Å². The molecule has 0 aliphatic heterocycles. The quantitative estimate of drug-likeness (QED) is 0.630. The minimum Gasteiger partial charge on any atom is -0.383 e. The Morgan fingerprint density at radius 1 is 1.47 bits per heavy atom. The monoisotopic (exact) mass is 237 g/mol. The highest BCUT2D eigenvalue weighted by Gasteiger charge is 2.09. The Morgan fingerprint density at radius 3 is 2.59 bits per heavy atom. The van der Waals surface area contributed by atoms with Gasteiger partial charge in [-0.2, -0.15) is 0 Å². The number of benzene rings is 1. The van der Waals surface area contributed by atoms with E-state index >= 15 is 0 Å². The molecule has 17 heavy (non-hydrogen) atoms. The fraction of sp³-hybridized carbons (Fsp3) is 0.500. The van der Waals surface area contributed by atoms with Crippen molar-refractivity contribution in [1.29, 1.82) is 0 Å². The Bertz CT molecular complexity index is 405. The maximum absolute atomic E-state index is 10.6. The Balaban J connectivity index is 2.70. The lowest BCUT2D eigenvalue weighted by Crippen LogP contribution is -2.31. The first-order valence-corrected chi connectivity index (χ1v) is 5.57. The van der Waals surface area contributed by atoms with Crippen LogP contribution in [0.5, 0.6) is 0 Å². The first kappa shape index (κ1) is 13.4. The van der Waals surface area contributed by atoms with Crippen molar-refractivity contribution in [1.82, 2.24) is 4.90 Å². The minimum atomic E-state index is -0.376. The van der Waals surface area contributed by atoms with E-state index in [2.05, 4.69) is 17.1 Å². The molecule has 5 nitrogen and oxygen atoms in total. The number of anilines is 1. The largest absolute Gasteiger partial charge is 0.383 e. The second kappa shape index (κ2) is 5.63. The third-order valence-corrected chi connectivity index (χ3v) is 2.89. The molecule has 0 radical (unpaired) electrons. The molecule has 0 bridgehead atoms. The van der Waals surface area contributed by atoms with E-state index in [-0.39, 0.29) is 10.6 Å². The molecule has 0 aliphatic carbocycles. The molecule has 0 spiro atoms. The Kier molecular flexibility index (Phi) is 4.45. The van der Waals surface area contributed by atoms with Gasteiger partial charge in [-0.3, -0.25) is 10.1 Å². The lowest BCUT2D eigenvalue weighted by atomic mass is 10.1. The van der Waals surface area contributed by atoms with E-state index < -0.39 is 0 Å². The van der Waals surface area contributed by atoms with Crippen LogP contribution in [0.25, 0.3) is 0 Å². The van der Waals surface area contributed by atoms with Gasteiger partial charge in [-0.15, -0.1) is 0 Å². The van der Waals surface area contributed by atoms with E-state index in [9.17, 15) is 10.1 Å². The SMILES string of the molecule is Cc1cc([N+](=O)[O-])ccc1NCC(C)N(C)C. The van der Waals surface area contributed by atoms with Crippen LogP contribution in [0.3, 0.4) is 0 Å². The molecular weight excluding hydrogens is 218 g/mol. The number of nitro benzene ring substituents is 1. The number of nitrogens with zero attached hydrogens (tertiary/aromatic N) is 2. The molecule has 1 rings (SSSR count). The third-order valence-electron chi connectivity index (χ3n) is 2.89. The minimum absolute atomic E-state index is 0.133. The van der Waals surface area contributed by atoms with Crippen LogP contribution in [0.2, 0.25) is 0 Å². The zero-order chi connectivity index (χ0) is 13.0. The maximum atomic E-state index is 10.6. The number of hydrogen-bond donors (Lipinski definition) is 1. The second-order valence-electron chi connectivity index (χ2n) is 4.45. The topological polar surface area (TPSA) is 58.4 Å². The van der Waals surface area contributed by atoms with Crippen molar-refractivity contribution in [3.05, 3.63) is 33.9 Å². The van der Waals surface area contributed by atoms with Crippen LogP contribution in [0.1, 0.15) is 12.5 Å². The van der Waals surface area contributed by atoms with E-state index in [0.717, 1.165) is 17.8 Å². The van der Waals surface area contributed by atoms with Crippen LogP contribution >= 0.6 is 0 Å². The molecule has 1 N–H and O–H groups in total. The van der Waals surface area contributed by atoms with Gasteiger partial charge >= 0.3 is 0 Å². The molecule has 0 amide bonds. The first-order chi connectivity index (χ1) is 7.91. The van der Waals surface area contributed by atoms with E-state index in [0.29, 0.717) is 6.04 Å². The predicted octanol–water partition coefficient (Wildman–Crippen LogP) is 2.27. The summed E-state index contributed by atoms with van der Waals surface area (Å²) in [6.45, 7) is 4.80. The molecule has 5 heteroatoms. The van der Waals surface area contributed by atoms with E-state index in [1.165, 1.54) is 6.07 Å². The van der Waals surface area contributed by atoms with Gasteiger partial charge in [-0.25, -0.2) is 0 Å². The highest BCUT2D eigenvalue weighted by molar-refractivity contribution is 5.55. The van der Waals surface area contributed by atoms with Gasteiger partial charge in [0.05, 0.1) is 4.92 Å². The van der Waals surface area contributed by atoms with Crippen molar-refractivity contribution in [3.8, 4) is 0 Å². The van der Waals surface area contributed by atoms with Gasteiger partial charge in [0, 0.05) is 30.4 Å². The fourth-order valence-corrected chi connectivity index (χ4v) is 1.40. The number of nitrogens with one attached hydrogen (secondary N) is 1. The normalized spacial score (nSPS) is 12.5. The van der Waals surface area contributed by atoms with Crippen LogP contribution in [0.4, 0.5) is 11.4 Å². The van der Waals surface area contributed by atoms with Crippen molar-refractivity contribution in [2.75, 3.05) is 26.0 Å². The number of aryl methyl sites for hydroxylation is 1. The molecule has 1 unspecified atom stereocenters. The summed E-state index contributed by atoms with van der Waals surface area (Å²) >= 11 is 0. The molecule has 0 saturated carbocycles. The second-order valence-corrected chi connectivity index (χ2v) is 4.45. The van der Waals surface area contributed by atoms with E-state index in [1.54, 1.807) is 12.1 Å². The van der Waals surface area contributed by atoms with Crippen LogP contribution in [0, 0.1) is 17.0 Å². The molecule has 0 aromatic heterocycles. The van der Waals surface area contributed by atoms with Crippen molar-refractivity contribution in [2.45, 2.75) is 19.9 Å². The number of hydrogen-bond acceptors (Lipinski definition) is 4. The number of rotatable bonds is 5. The van der Waals surface area contributed by atoms with E-state index in [1.807, 2.05) is 21.0 Å². The molecule has 0 saturated heterocycles. The number of non-ortho nitro benzene ring substituents is 1. The summed E-state index contributed by atoms with van der Waals surface area (Å²) < 4.78 is 0. The van der Waals surface area contributed by atoms with Crippen LogP contribution in [-0.2, 0) is 0 Å². The Morgan fingerprint density at radius 2 is 2.12 bits per heavy atom.